The lowest BCUT2D eigenvalue weighted by Gasteiger charge is -2.03. The highest BCUT2D eigenvalue weighted by Gasteiger charge is 2.23. The van der Waals surface area contributed by atoms with Crippen molar-refractivity contribution in [3.05, 3.63) is 53.5 Å². The number of nitrogens with zero attached hydrogens (tertiary/aromatic N) is 1. The number of benzene rings is 1. The zero-order chi connectivity index (χ0) is 11.9. The van der Waals surface area contributed by atoms with Gasteiger partial charge in [0.1, 0.15) is 0 Å². The highest BCUT2D eigenvalue weighted by Crippen LogP contribution is 2.40. The number of hydrogen-bond acceptors (Lipinski definition) is 2. The van der Waals surface area contributed by atoms with Crippen LogP contribution in [0.25, 0.3) is 21.3 Å². The number of hydrogen-bond donors (Lipinski definition) is 0. The van der Waals surface area contributed by atoms with Gasteiger partial charge in [0.2, 0.25) is 0 Å². The molecule has 0 spiro atoms. The van der Waals surface area contributed by atoms with Crippen molar-refractivity contribution in [1.82, 2.24) is 4.98 Å². The molecule has 1 aliphatic carbocycles. The maximum Gasteiger partial charge on any atom is 0.0702 e. The van der Waals surface area contributed by atoms with Gasteiger partial charge in [-0.15, -0.1) is 11.3 Å². The SMILES string of the molecule is c1cc2cc(-c3ccc(C4CC4)cn3)ccc2s1. The van der Waals surface area contributed by atoms with E-state index in [-0.39, 0.29) is 0 Å². The summed E-state index contributed by atoms with van der Waals surface area (Å²) >= 11 is 1.79. The summed E-state index contributed by atoms with van der Waals surface area (Å²) in [5, 5.41) is 3.45. The Morgan fingerprint density at radius 1 is 1.06 bits per heavy atom. The summed E-state index contributed by atoms with van der Waals surface area (Å²) in [5.74, 6) is 0.783. The predicted octanol–water partition coefficient (Wildman–Crippen LogP) is 4.84. The number of rotatable bonds is 2. The molecule has 0 saturated heterocycles. The van der Waals surface area contributed by atoms with Gasteiger partial charge >= 0.3 is 0 Å². The largest absolute Gasteiger partial charge is 0.256 e. The molecule has 3 aromatic rings. The van der Waals surface area contributed by atoms with E-state index in [1.54, 1.807) is 11.3 Å². The van der Waals surface area contributed by atoms with Gasteiger partial charge in [-0.05, 0) is 59.4 Å². The molecule has 4 rings (SSSR count). The molecule has 88 valence electrons. The Morgan fingerprint density at radius 3 is 2.78 bits per heavy atom. The van der Waals surface area contributed by atoms with Gasteiger partial charge in [-0.25, -0.2) is 0 Å². The van der Waals surface area contributed by atoms with Crippen LogP contribution in [-0.2, 0) is 0 Å². The minimum atomic E-state index is 0.783. The minimum absolute atomic E-state index is 0.783. The van der Waals surface area contributed by atoms with Gasteiger partial charge in [-0.1, -0.05) is 12.1 Å². The summed E-state index contributed by atoms with van der Waals surface area (Å²) in [6, 6.07) is 13.1. The Hall–Kier alpha value is -1.67. The average molecular weight is 251 g/mol. The van der Waals surface area contributed by atoms with Gasteiger partial charge < -0.3 is 0 Å². The molecule has 2 heteroatoms. The second-order valence-corrected chi connectivity index (χ2v) is 5.87. The number of aromatic nitrogens is 1. The molecule has 0 unspecified atom stereocenters. The quantitative estimate of drug-likeness (QED) is 0.635. The van der Waals surface area contributed by atoms with Crippen LogP contribution in [0.2, 0.25) is 0 Å². The third kappa shape index (κ3) is 1.73. The molecule has 2 aromatic heterocycles. The third-order valence-corrected chi connectivity index (χ3v) is 4.48. The Kier molecular flexibility index (Phi) is 2.24. The van der Waals surface area contributed by atoms with Crippen LogP contribution in [0.5, 0.6) is 0 Å². The minimum Gasteiger partial charge on any atom is -0.256 e. The molecule has 2 heterocycles. The molecule has 0 N–H and O–H groups in total. The lowest BCUT2D eigenvalue weighted by atomic mass is 10.1. The first-order chi connectivity index (χ1) is 8.90. The molecule has 0 radical (unpaired) electrons. The highest BCUT2D eigenvalue weighted by molar-refractivity contribution is 7.17. The zero-order valence-electron chi connectivity index (χ0n) is 9.97. The molecule has 18 heavy (non-hydrogen) atoms. The van der Waals surface area contributed by atoms with E-state index in [9.17, 15) is 0 Å². The first kappa shape index (κ1) is 10.3. The molecule has 1 aliphatic rings. The molecule has 0 aliphatic heterocycles. The van der Waals surface area contributed by atoms with Gasteiger partial charge in [0, 0.05) is 16.5 Å². The van der Waals surface area contributed by atoms with Gasteiger partial charge in [-0.3, -0.25) is 4.98 Å². The van der Waals surface area contributed by atoms with Crippen LogP contribution in [0.15, 0.2) is 48.0 Å². The number of pyridine rings is 1. The molecular weight excluding hydrogens is 238 g/mol. The van der Waals surface area contributed by atoms with Crippen molar-refractivity contribution in [3.8, 4) is 11.3 Å². The van der Waals surface area contributed by atoms with Crippen LogP contribution >= 0.6 is 11.3 Å². The second kappa shape index (κ2) is 3.92. The van der Waals surface area contributed by atoms with E-state index in [1.165, 1.54) is 34.1 Å². The van der Waals surface area contributed by atoms with Gasteiger partial charge in [-0.2, -0.15) is 0 Å². The van der Waals surface area contributed by atoms with E-state index in [1.807, 2.05) is 6.20 Å². The van der Waals surface area contributed by atoms with E-state index in [0.717, 1.165) is 11.6 Å². The number of thiophene rings is 1. The van der Waals surface area contributed by atoms with Crippen molar-refractivity contribution in [2.24, 2.45) is 0 Å². The van der Waals surface area contributed by atoms with Gasteiger partial charge in [0.25, 0.3) is 0 Å². The van der Waals surface area contributed by atoms with Crippen LogP contribution in [-0.4, -0.2) is 4.98 Å². The Balaban J connectivity index is 1.75. The first-order valence-corrected chi connectivity index (χ1v) is 7.22. The third-order valence-electron chi connectivity index (χ3n) is 3.58. The Labute approximate surface area is 110 Å². The van der Waals surface area contributed by atoms with Crippen LogP contribution in [0.4, 0.5) is 0 Å². The van der Waals surface area contributed by atoms with Gasteiger partial charge in [0.15, 0.2) is 0 Å². The molecule has 0 amide bonds. The fourth-order valence-corrected chi connectivity index (χ4v) is 3.13. The molecule has 1 saturated carbocycles. The summed E-state index contributed by atoms with van der Waals surface area (Å²) < 4.78 is 1.34. The van der Waals surface area contributed by atoms with Crippen LogP contribution in [0, 0.1) is 0 Å². The fourth-order valence-electron chi connectivity index (χ4n) is 2.36. The molecule has 1 aromatic carbocycles. The normalized spacial score (nSPS) is 15.1. The highest BCUT2D eigenvalue weighted by atomic mass is 32.1. The van der Waals surface area contributed by atoms with E-state index < -0.39 is 0 Å². The molecular formula is C16H13NS. The summed E-state index contributed by atoms with van der Waals surface area (Å²) in [6.07, 6.45) is 4.72. The van der Waals surface area contributed by atoms with Crippen molar-refractivity contribution < 1.29 is 0 Å². The van der Waals surface area contributed by atoms with Gasteiger partial charge in [0.05, 0.1) is 5.69 Å². The van der Waals surface area contributed by atoms with Crippen LogP contribution in [0.3, 0.4) is 0 Å². The molecule has 0 bridgehead atoms. The molecule has 1 nitrogen and oxygen atoms in total. The summed E-state index contributed by atoms with van der Waals surface area (Å²) in [5.41, 5.74) is 3.69. The van der Waals surface area contributed by atoms with Crippen LogP contribution < -0.4 is 0 Å². The lowest BCUT2D eigenvalue weighted by Crippen LogP contribution is -1.86. The maximum atomic E-state index is 4.60. The number of fused-ring (bicyclic) bond motifs is 1. The van der Waals surface area contributed by atoms with Crippen LogP contribution in [0.1, 0.15) is 24.3 Å². The topological polar surface area (TPSA) is 12.9 Å². The molecule has 1 fully saturated rings. The Morgan fingerprint density at radius 2 is 2.00 bits per heavy atom. The van der Waals surface area contributed by atoms with Crippen molar-refractivity contribution in [1.29, 1.82) is 0 Å². The van der Waals surface area contributed by atoms with E-state index in [0.29, 0.717) is 0 Å². The second-order valence-electron chi connectivity index (χ2n) is 4.92. The summed E-state index contributed by atoms with van der Waals surface area (Å²) in [7, 11) is 0. The van der Waals surface area contributed by atoms with E-state index in [2.05, 4.69) is 46.8 Å². The maximum absolute atomic E-state index is 4.60. The summed E-state index contributed by atoms with van der Waals surface area (Å²) in [4.78, 5) is 4.60. The molecule has 0 atom stereocenters. The monoisotopic (exact) mass is 251 g/mol. The van der Waals surface area contributed by atoms with Crippen molar-refractivity contribution in [2.45, 2.75) is 18.8 Å². The smallest absolute Gasteiger partial charge is 0.0702 e. The zero-order valence-corrected chi connectivity index (χ0v) is 10.8. The lowest BCUT2D eigenvalue weighted by molar-refractivity contribution is 1.10. The predicted molar refractivity (Wildman–Crippen MR) is 77.0 cm³/mol. The van der Waals surface area contributed by atoms with Crippen molar-refractivity contribution >= 4 is 21.4 Å². The first-order valence-electron chi connectivity index (χ1n) is 6.34. The van der Waals surface area contributed by atoms with Crippen molar-refractivity contribution in [2.75, 3.05) is 0 Å². The summed E-state index contributed by atoms with van der Waals surface area (Å²) in [6.45, 7) is 0. The fraction of sp³-hybridized carbons (Fsp3) is 0.188. The van der Waals surface area contributed by atoms with Crippen molar-refractivity contribution in [3.63, 3.8) is 0 Å². The Bertz CT molecular complexity index is 692. The van der Waals surface area contributed by atoms with E-state index in [4.69, 9.17) is 0 Å². The van der Waals surface area contributed by atoms with E-state index >= 15 is 0 Å². The average Bonchev–Trinajstić information content (AvgIpc) is 3.17. The standard InChI is InChI=1S/C16H13NS/c1-2-11(1)14-3-5-15(17-10-14)12-4-6-16-13(9-12)7-8-18-16/h3-11H,1-2H2.